The van der Waals surface area contributed by atoms with Gasteiger partial charge in [0.25, 0.3) is 0 Å². The number of hydrogen-bond acceptors (Lipinski definition) is 1. The first-order valence-corrected chi connectivity index (χ1v) is 22.2. The van der Waals surface area contributed by atoms with Crippen LogP contribution in [0.4, 0.5) is 17.1 Å². The molecule has 0 atom stereocenters. The lowest BCUT2D eigenvalue weighted by molar-refractivity contribution is 0.768. The predicted molar refractivity (Wildman–Crippen MR) is 270 cm³/mol. The molecule has 0 heterocycles. The molecule has 1 aliphatic rings. The summed E-state index contributed by atoms with van der Waals surface area (Å²) in [6, 6.07) is 95.7. The van der Waals surface area contributed by atoms with Gasteiger partial charge in [0, 0.05) is 16.8 Å². The summed E-state index contributed by atoms with van der Waals surface area (Å²) in [6.07, 6.45) is 0. The van der Waals surface area contributed by atoms with E-state index in [1.54, 1.807) is 0 Å². The quantitative estimate of drug-likeness (QED) is 0.138. The molecule has 0 bridgehead atoms. The van der Waals surface area contributed by atoms with E-state index in [0.717, 1.165) is 17.1 Å². The maximum atomic E-state index is 2.44. The zero-order chi connectivity index (χ0) is 42.5. The van der Waals surface area contributed by atoms with Crippen molar-refractivity contribution in [2.75, 3.05) is 4.90 Å². The monoisotopic (exact) mass is 813 g/mol. The van der Waals surface area contributed by atoms with E-state index >= 15 is 0 Å². The van der Waals surface area contributed by atoms with Gasteiger partial charge in [-0.05, 0) is 113 Å². The fourth-order valence-corrected chi connectivity index (χ4v) is 10.4. The van der Waals surface area contributed by atoms with Crippen LogP contribution in [0.2, 0.25) is 0 Å². The van der Waals surface area contributed by atoms with Gasteiger partial charge in [0.2, 0.25) is 0 Å². The van der Waals surface area contributed by atoms with Crippen LogP contribution in [0.15, 0.2) is 261 Å². The first kappa shape index (κ1) is 37.5. The highest BCUT2D eigenvalue weighted by Gasteiger charge is 2.45. The molecule has 300 valence electrons. The largest absolute Gasteiger partial charge is 0.310 e. The van der Waals surface area contributed by atoms with Crippen LogP contribution in [0.3, 0.4) is 0 Å². The SMILES string of the molecule is c1ccc(-c2ccc(-c3ccc(-c4ccc(N(c5ccc(C6(c7ccccc7)c7ccccc7-c7ccccc76)cc5)c5cc6ccccc6c6ccccc56)cc4)cc3)cc2)cc1. The lowest BCUT2D eigenvalue weighted by Crippen LogP contribution is -2.28. The average molecular weight is 814 g/mol. The molecule has 1 heteroatoms. The minimum Gasteiger partial charge on any atom is -0.310 e. The van der Waals surface area contributed by atoms with E-state index in [1.165, 1.54) is 88.3 Å². The van der Waals surface area contributed by atoms with Gasteiger partial charge >= 0.3 is 0 Å². The van der Waals surface area contributed by atoms with Crippen LogP contribution in [0, 0.1) is 0 Å². The molecule has 0 aliphatic heterocycles. The summed E-state index contributed by atoms with van der Waals surface area (Å²) in [7, 11) is 0. The molecule has 11 aromatic rings. The summed E-state index contributed by atoms with van der Waals surface area (Å²) in [5.74, 6) is 0. The molecule has 0 saturated carbocycles. The zero-order valence-electron chi connectivity index (χ0n) is 35.3. The number of rotatable bonds is 8. The Morgan fingerprint density at radius 3 is 1.19 bits per heavy atom. The van der Waals surface area contributed by atoms with Gasteiger partial charge in [-0.2, -0.15) is 0 Å². The Morgan fingerprint density at radius 1 is 0.266 bits per heavy atom. The van der Waals surface area contributed by atoms with Gasteiger partial charge in [0.15, 0.2) is 0 Å². The zero-order valence-corrected chi connectivity index (χ0v) is 35.3. The van der Waals surface area contributed by atoms with E-state index in [9.17, 15) is 0 Å². The third kappa shape index (κ3) is 6.16. The Hall–Kier alpha value is -8.26. The molecule has 11 aromatic carbocycles. The van der Waals surface area contributed by atoms with Crippen LogP contribution in [0.25, 0.3) is 66.1 Å². The standard InChI is InChI=1S/C63H43N/c1-3-15-44(16-4-1)45-27-29-46(30-28-45)47-31-33-48(34-32-47)49-35-39-53(40-36-49)64(62-43-50-17-7-8-20-55(50)56-21-9-10-24-59(56)62)54-41-37-52(38-42-54)63(51-18-5-2-6-19-51)60-25-13-11-22-57(60)58-23-12-14-26-61(58)63/h1-43H. The summed E-state index contributed by atoms with van der Waals surface area (Å²) < 4.78 is 0. The third-order valence-corrected chi connectivity index (χ3v) is 13.4. The molecule has 0 fully saturated rings. The third-order valence-electron chi connectivity index (χ3n) is 13.4. The Kier molecular flexibility index (Phi) is 9.13. The number of hydrogen-bond donors (Lipinski definition) is 0. The average Bonchev–Trinajstić information content (AvgIpc) is 3.68. The van der Waals surface area contributed by atoms with Gasteiger partial charge < -0.3 is 4.90 Å². The highest BCUT2D eigenvalue weighted by Crippen LogP contribution is 2.56. The fraction of sp³-hybridized carbons (Fsp3) is 0.0159. The summed E-state index contributed by atoms with van der Waals surface area (Å²) in [5.41, 5.74) is 17.8. The van der Waals surface area contributed by atoms with Crippen molar-refractivity contribution in [1.82, 2.24) is 0 Å². The normalized spacial score (nSPS) is 12.5. The Labute approximate surface area is 374 Å². The minimum atomic E-state index is -0.462. The second-order valence-electron chi connectivity index (χ2n) is 16.8. The Bertz CT molecular complexity index is 3400. The first-order valence-electron chi connectivity index (χ1n) is 22.2. The molecule has 0 unspecified atom stereocenters. The maximum Gasteiger partial charge on any atom is 0.0713 e. The summed E-state index contributed by atoms with van der Waals surface area (Å²) in [6.45, 7) is 0. The second-order valence-corrected chi connectivity index (χ2v) is 16.8. The van der Waals surface area contributed by atoms with Crippen molar-refractivity contribution in [3.05, 3.63) is 283 Å². The van der Waals surface area contributed by atoms with Crippen LogP contribution < -0.4 is 4.90 Å². The smallest absolute Gasteiger partial charge is 0.0713 e. The maximum absolute atomic E-state index is 2.44. The van der Waals surface area contributed by atoms with E-state index in [-0.39, 0.29) is 0 Å². The lowest BCUT2D eigenvalue weighted by atomic mass is 9.68. The molecule has 1 nitrogen and oxygen atoms in total. The van der Waals surface area contributed by atoms with Crippen LogP contribution in [-0.2, 0) is 5.41 Å². The lowest BCUT2D eigenvalue weighted by Gasteiger charge is -2.34. The van der Waals surface area contributed by atoms with Crippen molar-refractivity contribution in [3.63, 3.8) is 0 Å². The van der Waals surface area contributed by atoms with Gasteiger partial charge in [-0.1, -0.05) is 231 Å². The van der Waals surface area contributed by atoms with E-state index in [2.05, 4.69) is 266 Å². The van der Waals surface area contributed by atoms with Gasteiger partial charge in [-0.25, -0.2) is 0 Å². The van der Waals surface area contributed by atoms with E-state index < -0.39 is 5.41 Å². The summed E-state index contributed by atoms with van der Waals surface area (Å²) in [4.78, 5) is 2.44. The van der Waals surface area contributed by atoms with Gasteiger partial charge in [0.05, 0.1) is 11.1 Å². The Balaban J connectivity index is 0.959. The number of fused-ring (bicyclic) bond motifs is 6. The van der Waals surface area contributed by atoms with Crippen molar-refractivity contribution in [1.29, 1.82) is 0 Å². The molecule has 0 spiro atoms. The molecule has 64 heavy (non-hydrogen) atoms. The van der Waals surface area contributed by atoms with Crippen molar-refractivity contribution in [2.24, 2.45) is 0 Å². The number of benzene rings is 11. The molecule has 0 radical (unpaired) electrons. The van der Waals surface area contributed by atoms with Gasteiger partial charge in [-0.3, -0.25) is 0 Å². The van der Waals surface area contributed by atoms with E-state index in [4.69, 9.17) is 0 Å². The summed E-state index contributed by atoms with van der Waals surface area (Å²) >= 11 is 0. The topological polar surface area (TPSA) is 3.24 Å². The number of nitrogens with zero attached hydrogens (tertiary/aromatic N) is 1. The van der Waals surface area contributed by atoms with Crippen molar-refractivity contribution < 1.29 is 0 Å². The van der Waals surface area contributed by atoms with Gasteiger partial charge in [-0.15, -0.1) is 0 Å². The van der Waals surface area contributed by atoms with E-state index in [0.29, 0.717) is 0 Å². The van der Waals surface area contributed by atoms with Crippen LogP contribution in [-0.4, -0.2) is 0 Å². The van der Waals surface area contributed by atoms with Crippen molar-refractivity contribution in [3.8, 4) is 44.5 Å². The van der Waals surface area contributed by atoms with E-state index in [1.807, 2.05) is 0 Å². The van der Waals surface area contributed by atoms with Crippen LogP contribution in [0.5, 0.6) is 0 Å². The minimum absolute atomic E-state index is 0.462. The molecular weight excluding hydrogens is 771 g/mol. The molecule has 1 aliphatic carbocycles. The Morgan fingerprint density at radius 2 is 0.641 bits per heavy atom. The predicted octanol–water partition coefficient (Wildman–Crippen LogP) is 16.8. The fourth-order valence-electron chi connectivity index (χ4n) is 10.4. The van der Waals surface area contributed by atoms with Crippen molar-refractivity contribution >= 4 is 38.6 Å². The first-order chi connectivity index (χ1) is 31.7. The number of anilines is 3. The highest BCUT2D eigenvalue weighted by molar-refractivity contribution is 6.14. The molecule has 0 aromatic heterocycles. The van der Waals surface area contributed by atoms with Crippen LogP contribution >= 0.6 is 0 Å². The molecule has 0 saturated heterocycles. The van der Waals surface area contributed by atoms with Crippen LogP contribution in [0.1, 0.15) is 22.3 Å². The van der Waals surface area contributed by atoms with Crippen molar-refractivity contribution in [2.45, 2.75) is 5.41 Å². The molecular formula is C63H43N. The second kappa shape index (κ2) is 15.6. The summed E-state index contributed by atoms with van der Waals surface area (Å²) in [5, 5.41) is 4.92. The molecule has 0 amide bonds. The van der Waals surface area contributed by atoms with Gasteiger partial charge in [0.1, 0.15) is 0 Å². The molecule has 0 N–H and O–H groups in total. The highest BCUT2D eigenvalue weighted by atomic mass is 15.1. The molecule has 12 rings (SSSR count).